The van der Waals surface area contributed by atoms with Gasteiger partial charge in [0, 0.05) is 23.9 Å². The van der Waals surface area contributed by atoms with Crippen molar-refractivity contribution in [3.8, 4) is 17.2 Å². The number of nitrogens with two attached hydrogens (primary N) is 1. The van der Waals surface area contributed by atoms with Crippen LogP contribution in [0.4, 0.5) is 5.69 Å². The number of nitrogen functional groups attached to an aromatic ring is 1. The van der Waals surface area contributed by atoms with E-state index in [1.165, 1.54) is 0 Å². The Morgan fingerprint density at radius 3 is 2.41 bits per heavy atom. The van der Waals surface area contributed by atoms with Crippen LogP contribution in [0.2, 0.25) is 0 Å². The van der Waals surface area contributed by atoms with E-state index in [-0.39, 0.29) is 0 Å². The second-order valence-electron chi connectivity index (χ2n) is 3.86. The van der Waals surface area contributed by atoms with Gasteiger partial charge in [0.1, 0.15) is 17.2 Å². The SMILES string of the molecule is COc1cc(N)cc(Oc2cccc(C)c2)c1. The first-order valence-corrected chi connectivity index (χ1v) is 5.36. The first kappa shape index (κ1) is 11.3. The molecule has 0 heterocycles. The largest absolute Gasteiger partial charge is 0.497 e. The van der Waals surface area contributed by atoms with Gasteiger partial charge in [-0.3, -0.25) is 0 Å². The van der Waals surface area contributed by atoms with Crippen LogP contribution in [0.3, 0.4) is 0 Å². The van der Waals surface area contributed by atoms with Crippen molar-refractivity contribution in [2.45, 2.75) is 6.92 Å². The monoisotopic (exact) mass is 229 g/mol. The van der Waals surface area contributed by atoms with Crippen LogP contribution in [-0.2, 0) is 0 Å². The van der Waals surface area contributed by atoms with E-state index < -0.39 is 0 Å². The van der Waals surface area contributed by atoms with E-state index in [2.05, 4.69) is 0 Å². The molecule has 2 rings (SSSR count). The third-order valence-corrected chi connectivity index (χ3v) is 2.36. The number of benzene rings is 2. The lowest BCUT2D eigenvalue weighted by molar-refractivity contribution is 0.409. The lowest BCUT2D eigenvalue weighted by Gasteiger charge is -2.09. The molecule has 0 bridgehead atoms. The smallest absolute Gasteiger partial charge is 0.133 e. The predicted octanol–water partition coefficient (Wildman–Crippen LogP) is 3.38. The highest BCUT2D eigenvalue weighted by Gasteiger charge is 2.02. The van der Waals surface area contributed by atoms with E-state index in [1.807, 2.05) is 31.2 Å². The zero-order valence-electron chi connectivity index (χ0n) is 9.94. The van der Waals surface area contributed by atoms with Gasteiger partial charge in [0.05, 0.1) is 7.11 Å². The van der Waals surface area contributed by atoms with Crippen molar-refractivity contribution in [2.24, 2.45) is 0 Å². The third-order valence-electron chi connectivity index (χ3n) is 2.36. The average Bonchev–Trinajstić information content (AvgIpc) is 2.28. The topological polar surface area (TPSA) is 44.5 Å². The molecule has 3 nitrogen and oxygen atoms in total. The molecule has 0 fully saturated rings. The lowest BCUT2D eigenvalue weighted by Crippen LogP contribution is -1.91. The van der Waals surface area contributed by atoms with Gasteiger partial charge in [-0.15, -0.1) is 0 Å². The predicted molar refractivity (Wildman–Crippen MR) is 68.7 cm³/mol. The molecule has 0 aliphatic carbocycles. The fourth-order valence-electron chi connectivity index (χ4n) is 1.59. The number of rotatable bonds is 3. The highest BCUT2D eigenvalue weighted by molar-refractivity contribution is 5.51. The molecule has 0 aliphatic heterocycles. The Labute approximate surface area is 101 Å². The Bertz CT molecular complexity index is 523. The van der Waals surface area contributed by atoms with Crippen LogP contribution in [0.25, 0.3) is 0 Å². The van der Waals surface area contributed by atoms with Crippen molar-refractivity contribution in [3.05, 3.63) is 48.0 Å². The summed E-state index contributed by atoms with van der Waals surface area (Å²) in [6.07, 6.45) is 0. The van der Waals surface area contributed by atoms with Crippen molar-refractivity contribution in [1.82, 2.24) is 0 Å². The van der Waals surface area contributed by atoms with Gasteiger partial charge in [-0.05, 0) is 24.6 Å². The van der Waals surface area contributed by atoms with E-state index >= 15 is 0 Å². The highest BCUT2D eigenvalue weighted by Crippen LogP contribution is 2.28. The summed E-state index contributed by atoms with van der Waals surface area (Å²) >= 11 is 0. The van der Waals surface area contributed by atoms with Crippen molar-refractivity contribution in [3.63, 3.8) is 0 Å². The summed E-state index contributed by atoms with van der Waals surface area (Å²) in [5.41, 5.74) is 7.53. The van der Waals surface area contributed by atoms with E-state index in [1.54, 1.807) is 25.3 Å². The van der Waals surface area contributed by atoms with Gasteiger partial charge in [0.15, 0.2) is 0 Å². The fraction of sp³-hybridized carbons (Fsp3) is 0.143. The standard InChI is InChI=1S/C14H15NO2/c1-10-4-3-5-12(6-10)17-14-8-11(15)7-13(9-14)16-2/h3-9H,15H2,1-2H3. The first-order valence-electron chi connectivity index (χ1n) is 5.36. The summed E-state index contributed by atoms with van der Waals surface area (Å²) in [5.74, 6) is 2.15. The van der Waals surface area contributed by atoms with Crippen LogP contribution < -0.4 is 15.2 Å². The molecule has 0 radical (unpaired) electrons. The molecule has 0 atom stereocenters. The Morgan fingerprint density at radius 2 is 1.71 bits per heavy atom. The fourth-order valence-corrected chi connectivity index (χ4v) is 1.59. The van der Waals surface area contributed by atoms with E-state index in [4.69, 9.17) is 15.2 Å². The van der Waals surface area contributed by atoms with Gasteiger partial charge in [-0.1, -0.05) is 12.1 Å². The molecule has 0 spiro atoms. The van der Waals surface area contributed by atoms with Gasteiger partial charge < -0.3 is 15.2 Å². The van der Waals surface area contributed by atoms with Gasteiger partial charge in [-0.2, -0.15) is 0 Å². The minimum atomic E-state index is 0.618. The number of aryl methyl sites for hydroxylation is 1. The van der Waals surface area contributed by atoms with E-state index in [0.717, 1.165) is 11.3 Å². The Hall–Kier alpha value is -2.16. The number of hydrogen-bond donors (Lipinski definition) is 1. The Balaban J connectivity index is 2.26. The minimum Gasteiger partial charge on any atom is -0.497 e. The maximum atomic E-state index is 5.76. The summed E-state index contributed by atoms with van der Waals surface area (Å²) in [7, 11) is 1.60. The molecule has 3 heteroatoms. The summed E-state index contributed by atoms with van der Waals surface area (Å²) in [6.45, 7) is 2.02. The maximum absolute atomic E-state index is 5.76. The molecule has 2 aromatic carbocycles. The van der Waals surface area contributed by atoms with E-state index in [9.17, 15) is 0 Å². The van der Waals surface area contributed by atoms with Crippen molar-refractivity contribution in [2.75, 3.05) is 12.8 Å². The number of hydrogen-bond acceptors (Lipinski definition) is 3. The molecular weight excluding hydrogens is 214 g/mol. The van der Waals surface area contributed by atoms with Gasteiger partial charge in [0.2, 0.25) is 0 Å². The zero-order valence-corrected chi connectivity index (χ0v) is 9.94. The van der Waals surface area contributed by atoms with Crippen molar-refractivity contribution >= 4 is 5.69 Å². The lowest BCUT2D eigenvalue weighted by atomic mass is 10.2. The molecule has 0 saturated heterocycles. The molecule has 0 aliphatic rings. The molecule has 0 unspecified atom stereocenters. The van der Waals surface area contributed by atoms with Crippen LogP contribution in [0.1, 0.15) is 5.56 Å². The van der Waals surface area contributed by atoms with Crippen molar-refractivity contribution in [1.29, 1.82) is 0 Å². The Kier molecular flexibility index (Phi) is 3.19. The summed E-state index contributed by atoms with van der Waals surface area (Å²) in [6, 6.07) is 13.2. The maximum Gasteiger partial charge on any atom is 0.133 e. The normalized spacial score (nSPS) is 10.0. The van der Waals surface area contributed by atoms with Crippen LogP contribution >= 0.6 is 0 Å². The first-order chi connectivity index (χ1) is 8.17. The van der Waals surface area contributed by atoms with E-state index in [0.29, 0.717) is 17.2 Å². The molecule has 2 aromatic rings. The molecule has 0 aromatic heterocycles. The molecule has 88 valence electrons. The van der Waals surface area contributed by atoms with Crippen LogP contribution in [0.15, 0.2) is 42.5 Å². The quantitative estimate of drug-likeness (QED) is 0.820. The zero-order chi connectivity index (χ0) is 12.3. The van der Waals surface area contributed by atoms with Crippen LogP contribution in [0, 0.1) is 6.92 Å². The second kappa shape index (κ2) is 4.78. The average molecular weight is 229 g/mol. The van der Waals surface area contributed by atoms with Gasteiger partial charge >= 0.3 is 0 Å². The highest BCUT2D eigenvalue weighted by atomic mass is 16.5. The number of anilines is 1. The second-order valence-corrected chi connectivity index (χ2v) is 3.86. The molecule has 17 heavy (non-hydrogen) atoms. The van der Waals surface area contributed by atoms with Gasteiger partial charge in [0.25, 0.3) is 0 Å². The van der Waals surface area contributed by atoms with Gasteiger partial charge in [-0.25, -0.2) is 0 Å². The molecule has 0 amide bonds. The number of ether oxygens (including phenoxy) is 2. The summed E-state index contributed by atoms with van der Waals surface area (Å²) in [4.78, 5) is 0. The minimum absolute atomic E-state index is 0.618. The van der Waals surface area contributed by atoms with Crippen LogP contribution in [-0.4, -0.2) is 7.11 Å². The molecular formula is C14H15NO2. The molecule has 2 N–H and O–H groups in total. The van der Waals surface area contributed by atoms with Crippen molar-refractivity contribution < 1.29 is 9.47 Å². The van der Waals surface area contributed by atoms with Crippen LogP contribution in [0.5, 0.6) is 17.2 Å². The third kappa shape index (κ3) is 2.91. The number of methoxy groups -OCH3 is 1. The summed E-state index contributed by atoms with van der Waals surface area (Å²) < 4.78 is 10.9. The molecule has 0 saturated carbocycles. The Morgan fingerprint density at radius 1 is 0.941 bits per heavy atom. The summed E-state index contributed by atoms with van der Waals surface area (Å²) in [5, 5.41) is 0.